The number of phenolic OH excluding ortho intramolecular Hbond substituents is 1. The van der Waals surface area contributed by atoms with Crippen LogP contribution in [-0.4, -0.2) is 16.2 Å². The van der Waals surface area contributed by atoms with E-state index < -0.39 is 11.4 Å². The zero-order valence-corrected chi connectivity index (χ0v) is 12.0. The zero-order valence-electron chi connectivity index (χ0n) is 12.0. The van der Waals surface area contributed by atoms with E-state index >= 15 is 0 Å². The highest BCUT2D eigenvalue weighted by Crippen LogP contribution is 2.37. The van der Waals surface area contributed by atoms with Crippen LogP contribution < -0.4 is 0 Å². The van der Waals surface area contributed by atoms with Crippen LogP contribution in [0.3, 0.4) is 0 Å². The first-order chi connectivity index (χ1) is 7.98. The number of aromatic hydroxyl groups is 1. The van der Waals surface area contributed by atoms with Gasteiger partial charge in [0, 0.05) is 0 Å². The summed E-state index contributed by atoms with van der Waals surface area (Å²) >= 11 is 0. The number of benzene rings is 1. The standard InChI is InChI=1S/C15H22O3/c1-9-7-10(15(5,6)13(17)18)8-11(12(9)16)14(2,3)4/h7-8,16H,1-6H3,(H,17,18). The number of phenols is 1. The van der Waals surface area contributed by atoms with Gasteiger partial charge in [-0.2, -0.15) is 0 Å². The molecule has 0 radical (unpaired) electrons. The summed E-state index contributed by atoms with van der Waals surface area (Å²) in [6, 6.07) is 3.55. The highest BCUT2D eigenvalue weighted by atomic mass is 16.4. The lowest BCUT2D eigenvalue weighted by molar-refractivity contribution is -0.142. The van der Waals surface area contributed by atoms with Gasteiger partial charge in [0.15, 0.2) is 0 Å². The fourth-order valence-electron chi connectivity index (χ4n) is 1.84. The molecular formula is C15H22O3. The van der Waals surface area contributed by atoms with E-state index in [1.54, 1.807) is 32.9 Å². The SMILES string of the molecule is Cc1cc(C(C)(C)C(=O)O)cc(C(C)(C)C)c1O. The molecular weight excluding hydrogens is 228 g/mol. The molecule has 0 atom stereocenters. The number of aryl methyl sites for hydroxylation is 1. The lowest BCUT2D eigenvalue weighted by Gasteiger charge is -2.26. The van der Waals surface area contributed by atoms with Crippen LogP contribution in [-0.2, 0) is 15.6 Å². The van der Waals surface area contributed by atoms with Crippen molar-refractivity contribution >= 4 is 5.97 Å². The van der Waals surface area contributed by atoms with Crippen LogP contribution in [0.2, 0.25) is 0 Å². The monoisotopic (exact) mass is 250 g/mol. The quantitative estimate of drug-likeness (QED) is 0.846. The minimum Gasteiger partial charge on any atom is -0.507 e. The number of hydrogen-bond acceptors (Lipinski definition) is 2. The number of carbonyl (C=O) groups is 1. The first-order valence-corrected chi connectivity index (χ1v) is 6.06. The van der Waals surface area contributed by atoms with Crippen LogP contribution >= 0.6 is 0 Å². The summed E-state index contributed by atoms with van der Waals surface area (Å²) in [5.74, 6) is -0.611. The second kappa shape index (κ2) is 4.30. The number of carboxylic acids is 1. The van der Waals surface area contributed by atoms with Crippen molar-refractivity contribution in [2.45, 2.75) is 52.4 Å². The maximum absolute atomic E-state index is 11.3. The molecule has 3 nitrogen and oxygen atoms in total. The minimum absolute atomic E-state index is 0.223. The van der Waals surface area contributed by atoms with Crippen LogP contribution in [0.4, 0.5) is 0 Å². The molecule has 0 bridgehead atoms. The Kier molecular flexibility index (Phi) is 3.48. The summed E-state index contributed by atoms with van der Waals surface area (Å²) in [6.07, 6.45) is 0. The summed E-state index contributed by atoms with van der Waals surface area (Å²) in [5, 5.41) is 19.4. The van der Waals surface area contributed by atoms with Gasteiger partial charge in [0.2, 0.25) is 0 Å². The van der Waals surface area contributed by atoms with E-state index in [-0.39, 0.29) is 11.2 Å². The molecule has 1 rings (SSSR count). The summed E-state index contributed by atoms with van der Waals surface area (Å²) in [6.45, 7) is 11.1. The van der Waals surface area contributed by atoms with Gasteiger partial charge in [0.1, 0.15) is 5.75 Å². The van der Waals surface area contributed by atoms with Gasteiger partial charge in [0.05, 0.1) is 5.41 Å². The van der Waals surface area contributed by atoms with Gasteiger partial charge in [-0.3, -0.25) is 4.79 Å². The summed E-state index contributed by atoms with van der Waals surface area (Å²) < 4.78 is 0. The fraction of sp³-hybridized carbons (Fsp3) is 0.533. The second-order valence-corrected chi connectivity index (χ2v) is 6.37. The number of hydrogen-bond donors (Lipinski definition) is 2. The molecule has 0 amide bonds. The largest absolute Gasteiger partial charge is 0.507 e. The van der Waals surface area contributed by atoms with Crippen LogP contribution in [0.25, 0.3) is 0 Å². The van der Waals surface area contributed by atoms with Crippen LogP contribution in [0.1, 0.15) is 51.3 Å². The molecule has 1 aromatic carbocycles. The minimum atomic E-state index is -0.960. The summed E-state index contributed by atoms with van der Waals surface area (Å²) in [5.41, 5.74) is 1.03. The Morgan fingerprint density at radius 1 is 1.11 bits per heavy atom. The Labute approximate surface area is 108 Å². The molecule has 0 fully saturated rings. The average Bonchev–Trinajstić information content (AvgIpc) is 2.19. The normalized spacial score (nSPS) is 12.6. The van der Waals surface area contributed by atoms with Gasteiger partial charge in [-0.25, -0.2) is 0 Å². The smallest absolute Gasteiger partial charge is 0.313 e. The molecule has 0 aliphatic rings. The number of carboxylic acid groups (broad SMARTS) is 1. The zero-order chi connectivity index (χ0) is 14.3. The van der Waals surface area contributed by atoms with Crippen molar-refractivity contribution in [3.05, 3.63) is 28.8 Å². The van der Waals surface area contributed by atoms with Gasteiger partial charge in [-0.1, -0.05) is 32.9 Å². The van der Waals surface area contributed by atoms with Gasteiger partial charge < -0.3 is 10.2 Å². The van der Waals surface area contributed by atoms with Crippen molar-refractivity contribution < 1.29 is 15.0 Å². The first kappa shape index (κ1) is 14.6. The van der Waals surface area contributed by atoms with Crippen LogP contribution in [0.15, 0.2) is 12.1 Å². The molecule has 0 aliphatic heterocycles. The fourth-order valence-corrected chi connectivity index (χ4v) is 1.84. The predicted octanol–water partition coefficient (Wildman–Crippen LogP) is 3.36. The maximum atomic E-state index is 11.3. The van der Waals surface area contributed by atoms with Gasteiger partial charge in [-0.05, 0) is 42.9 Å². The lowest BCUT2D eigenvalue weighted by atomic mass is 9.78. The third-order valence-electron chi connectivity index (χ3n) is 3.36. The molecule has 0 heterocycles. The molecule has 0 unspecified atom stereocenters. The number of rotatable bonds is 2. The summed E-state index contributed by atoms with van der Waals surface area (Å²) in [4.78, 5) is 11.3. The van der Waals surface area contributed by atoms with E-state index in [9.17, 15) is 15.0 Å². The molecule has 0 aromatic heterocycles. The molecule has 18 heavy (non-hydrogen) atoms. The average molecular weight is 250 g/mol. The Bertz CT molecular complexity index is 479. The molecule has 2 N–H and O–H groups in total. The maximum Gasteiger partial charge on any atom is 0.313 e. The van der Waals surface area contributed by atoms with E-state index in [0.717, 1.165) is 11.1 Å². The second-order valence-electron chi connectivity index (χ2n) is 6.37. The van der Waals surface area contributed by atoms with Gasteiger partial charge in [0.25, 0.3) is 0 Å². The van der Waals surface area contributed by atoms with E-state index in [4.69, 9.17) is 0 Å². The third-order valence-corrected chi connectivity index (χ3v) is 3.36. The molecule has 3 heteroatoms. The van der Waals surface area contributed by atoms with Crippen LogP contribution in [0.5, 0.6) is 5.75 Å². The van der Waals surface area contributed by atoms with Crippen molar-refractivity contribution in [1.82, 2.24) is 0 Å². The van der Waals surface area contributed by atoms with Crippen LogP contribution in [0, 0.1) is 6.92 Å². The molecule has 0 saturated heterocycles. The van der Waals surface area contributed by atoms with E-state index in [0.29, 0.717) is 5.56 Å². The Morgan fingerprint density at radius 3 is 2.00 bits per heavy atom. The highest BCUT2D eigenvalue weighted by Gasteiger charge is 2.32. The Balaban J connectivity index is 3.52. The first-order valence-electron chi connectivity index (χ1n) is 6.06. The molecule has 1 aromatic rings. The molecule has 0 aliphatic carbocycles. The van der Waals surface area contributed by atoms with E-state index in [1.165, 1.54) is 0 Å². The van der Waals surface area contributed by atoms with E-state index in [1.807, 2.05) is 20.8 Å². The topological polar surface area (TPSA) is 57.5 Å². The molecule has 100 valence electrons. The lowest BCUT2D eigenvalue weighted by Crippen LogP contribution is -2.29. The van der Waals surface area contributed by atoms with Crippen molar-refractivity contribution in [1.29, 1.82) is 0 Å². The highest BCUT2D eigenvalue weighted by molar-refractivity contribution is 5.80. The molecule has 0 saturated carbocycles. The van der Waals surface area contributed by atoms with Crippen molar-refractivity contribution in [3.8, 4) is 5.75 Å². The van der Waals surface area contributed by atoms with E-state index in [2.05, 4.69) is 0 Å². The number of aliphatic carboxylic acids is 1. The van der Waals surface area contributed by atoms with Crippen molar-refractivity contribution in [2.75, 3.05) is 0 Å². The van der Waals surface area contributed by atoms with Gasteiger partial charge >= 0.3 is 5.97 Å². The van der Waals surface area contributed by atoms with Gasteiger partial charge in [-0.15, -0.1) is 0 Å². The Hall–Kier alpha value is -1.51. The molecule has 0 spiro atoms. The van der Waals surface area contributed by atoms with Crippen molar-refractivity contribution in [3.63, 3.8) is 0 Å². The summed E-state index contributed by atoms with van der Waals surface area (Å²) in [7, 11) is 0. The third kappa shape index (κ3) is 2.50. The predicted molar refractivity (Wildman–Crippen MR) is 72.2 cm³/mol. The Morgan fingerprint density at radius 2 is 1.61 bits per heavy atom. The van der Waals surface area contributed by atoms with Crippen molar-refractivity contribution in [2.24, 2.45) is 0 Å².